The van der Waals surface area contributed by atoms with Crippen molar-refractivity contribution in [2.24, 2.45) is 20.5 Å². The normalized spacial score (nSPS) is 10.9. The third-order valence-corrected chi connectivity index (χ3v) is 19.5. The summed E-state index contributed by atoms with van der Waals surface area (Å²) >= 11 is 6.96. The van der Waals surface area contributed by atoms with Gasteiger partial charge >= 0.3 is 12.1 Å². The molecule has 12 aromatic heterocycles. The minimum atomic E-state index is -0.737. The van der Waals surface area contributed by atoms with Crippen molar-refractivity contribution < 1.29 is 59.5 Å². The second-order valence-electron chi connectivity index (χ2n) is 19.9. The lowest BCUT2D eigenvalue weighted by Gasteiger charge is -1.99. The number of aromatic nitrogens is 12. The summed E-state index contributed by atoms with van der Waals surface area (Å²) in [5.74, 6) is -4.01. The molecule has 12 heterocycles. The van der Waals surface area contributed by atoms with Gasteiger partial charge in [0.25, 0.3) is 0 Å². The lowest BCUT2D eigenvalue weighted by atomic mass is 10.3. The predicted molar refractivity (Wildman–Crippen MR) is 392 cm³/mol. The summed E-state index contributed by atoms with van der Waals surface area (Å²) in [6.45, 7) is 6.40. The van der Waals surface area contributed by atoms with Crippen LogP contribution in [-0.4, -0.2) is 137 Å². The smallest absolute Gasteiger partial charge is 0.334 e. The van der Waals surface area contributed by atoms with Gasteiger partial charge in [0, 0.05) is 103 Å². The maximum atomic E-state index is 13.8. The van der Waals surface area contributed by atoms with Crippen molar-refractivity contribution >= 4 is 103 Å². The average molecular weight is 1580 g/mol. The lowest BCUT2D eigenvalue weighted by Crippen LogP contribution is -2.29. The van der Waals surface area contributed by atoms with Gasteiger partial charge in [0.05, 0.1) is 55.7 Å². The summed E-state index contributed by atoms with van der Waals surface area (Å²) in [5, 5.41) is 41.1. The average Bonchev–Trinajstić information content (AvgIpc) is 1.73. The minimum Gasteiger partial charge on any atom is -0.485 e. The van der Waals surface area contributed by atoms with Crippen LogP contribution in [0, 0.1) is 63.9 Å². The topological polar surface area (TPSA) is 371 Å². The highest BCUT2D eigenvalue weighted by atomic mass is 32.1. The van der Waals surface area contributed by atoms with Crippen LogP contribution in [0.4, 0.5) is 40.3 Å². The Morgan fingerprint density at radius 1 is 0.402 bits per heavy atom. The molecule has 0 atom stereocenters. The fourth-order valence-corrected chi connectivity index (χ4v) is 12.9. The van der Waals surface area contributed by atoms with Gasteiger partial charge in [-0.2, -0.15) is 38.3 Å². The maximum absolute atomic E-state index is 13.8. The Morgan fingerprint density at radius 3 is 0.935 bits per heavy atom. The van der Waals surface area contributed by atoms with E-state index in [2.05, 4.69) is 111 Å². The number of pyridine rings is 6. The first-order chi connectivity index (χ1) is 51.5. The molecule has 12 aromatic rings. The molecule has 0 unspecified atom stereocenters. The minimum absolute atomic E-state index is 0.158. The number of amides is 4. The fourth-order valence-electron chi connectivity index (χ4n) is 7.76. The fraction of sp³-hybridized carbons (Fsp3) is 0.152. The van der Waals surface area contributed by atoms with E-state index >= 15 is 0 Å². The number of nitriles is 2. The van der Waals surface area contributed by atoms with E-state index in [4.69, 9.17) is 20.0 Å². The molecule has 4 N–H and O–H groups in total. The summed E-state index contributed by atoms with van der Waals surface area (Å²) in [6.07, 6.45) is 17.5. The number of thiazole rings is 6. The van der Waals surface area contributed by atoms with Crippen LogP contribution < -0.4 is 31.0 Å². The van der Waals surface area contributed by atoms with Crippen LogP contribution in [0.15, 0.2) is 149 Å². The van der Waals surface area contributed by atoms with E-state index in [1.54, 1.807) is 76.2 Å². The standard InChI is InChI=1S/C12H11F2N5OS.C12H12FN5OS.C11H9F2N3OS.C11H10FN3OS.C10H6FN3OS.C10H7N3OS/c1-6(18-19-12(20)15-2)9-10(14)17-11(21-9)7-3-8(13)5-16-4-7;1-7(17-18-12(19)14-2)9-10(13)16-11(20-9)8-4-3-5-15-6-8;1-6(16-17-2)9-10(13)15-11(18-9)7-3-8(12)5-14-4-7;1-7(15-16-2)9-10(12)14-11(17-9)8-4-3-5-13-6-8;1-15-10-8(3-12)14-9(16-10)6-2-7(11)5-13-4-6;1-14-10-8(5-11)13-9(15-10)7-3-2-4-12-6-7/h3-5H,1-2H3,(H2,15,19,20);3-6H,1-2H3,(H2,14,18,19);3-5H,1-2H3;3-6H,1-2H3;2,4-5H,1H3;2-4,6H,1H3/b18-6+;17-7+;16-6+;15-7+;;. The number of carbonyl (C=O) groups excluding carboxylic acids is 2. The van der Waals surface area contributed by atoms with Crippen LogP contribution >= 0.6 is 68.0 Å². The van der Waals surface area contributed by atoms with Crippen LogP contribution in [0.3, 0.4) is 0 Å². The Morgan fingerprint density at radius 2 is 0.682 bits per heavy atom. The Balaban J connectivity index is 0.000000180. The molecule has 0 aliphatic carbocycles. The van der Waals surface area contributed by atoms with Crippen molar-refractivity contribution in [1.29, 1.82) is 10.5 Å². The molecule has 0 aliphatic heterocycles. The van der Waals surface area contributed by atoms with Gasteiger partial charge in [0.15, 0.2) is 11.4 Å². The van der Waals surface area contributed by atoms with E-state index in [0.29, 0.717) is 74.6 Å². The molecule has 550 valence electrons. The quantitative estimate of drug-likeness (QED) is 0.0396. The SMILES string of the molecule is CNC(=O)N/N=C(\C)c1sc(-c2cccnc2)nc1F.CNC(=O)N/N=C(\C)c1sc(-c2cncc(F)c2)nc1F.CO/N=C(\C)c1sc(-c2cccnc2)nc1F.CO/N=C(\C)c1sc(-c2cncc(F)c2)nc1F.COc1sc(-c2cccnc2)nc1C#N.COc1sc(-c2cncc(F)c2)nc1C#N. The highest BCUT2D eigenvalue weighted by Gasteiger charge is 2.21. The van der Waals surface area contributed by atoms with Gasteiger partial charge in [-0.05, 0) is 82.3 Å². The van der Waals surface area contributed by atoms with Gasteiger partial charge in [-0.15, -0.1) is 45.3 Å². The Labute approximate surface area is 627 Å². The predicted octanol–water partition coefficient (Wildman–Crippen LogP) is 14.0. The number of ether oxygens (including phenoxy) is 2. The van der Waals surface area contributed by atoms with Gasteiger partial charge < -0.3 is 29.8 Å². The van der Waals surface area contributed by atoms with E-state index in [9.17, 15) is 40.3 Å². The van der Waals surface area contributed by atoms with Gasteiger partial charge in [-0.3, -0.25) is 29.9 Å². The molecule has 0 radical (unpaired) electrons. The first kappa shape index (κ1) is 81.9. The third-order valence-electron chi connectivity index (χ3n) is 12.6. The molecule has 0 bridgehead atoms. The maximum Gasteiger partial charge on any atom is 0.334 e. The van der Waals surface area contributed by atoms with Crippen molar-refractivity contribution in [1.82, 2.24) is 81.3 Å². The molecule has 0 spiro atoms. The van der Waals surface area contributed by atoms with Gasteiger partial charge in [-0.1, -0.05) is 33.0 Å². The molecule has 0 fully saturated rings. The molecule has 0 aromatic carbocycles. The van der Waals surface area contributed by atoms with E-state index in [1.807, 2.05) is 30.3 Å². The molecule has 28 nitrogen and oxygen atoms in total. The number of urea groups is 2. The summed E-state index contributed by atoms with van der Waals surface area (Å²) in [4.78, 5) is 78.7. The van der Waals surface area contributed by atoms with Gasteiger partial charge in [0.1, 0.15) is 93.4 Å². The van der Waals surface area contributed by atoms with Crippen LogP contribution in [0.2, 0.25) is 0 Å². The zero-order valence-corrected chi connectivity index (χ0v) is 62.1. The molecule has 12 rings (SSSR count). The van der Waals surface area contributed by atoms with Crippen molar-refractivity contribution in [2.45, 2.75) is 27.7 Å². The molecule has 0 aliphatic rings. The highest BCUT2D eigenvalue weighted by molar-refractivity contribution is 7.18. The number of hydrogen-bond acceptors (Lipinski definition) is 30. The van der Waals surface area contributed by atoms with E-state index < -0.39 is 53.3 Å². The van der Waals surface area contributed by atoms with Crippen LogP contribution in [0.1, 0.15) is 58.6 Å². The van der Waals surface area contributed by atoms with Crippen molar-refractivity contribution in [2.75, 3.05) is 42.5 Å². The first-order valence-electron chi connectivity index (χ1n) is 29.9. The zero-order chi connectivity index (χ0) is 77.5. The van der Waals surface area contributed by atoms with Gasteiger partial charge in [-0.25, -0.2) is 63.5 Å². The summed E-state index contributed by atoms with van der Waals surface area (Å²) in [7, 11) is 8.68. The molecular formula is C66H55F7N22O6S6. The van der Waals surface area contributed by atoms with Crippen LogP contribution in [0.25, 0.3) is 63.4 Å². The molecular weight excluding hydrogens is 1520 g/mol. The number of nitrogens with one attached hydrogen (secondary N) is 4. The lowest BCUT2D eigenvalue weighted by molar-refractivity contribution is 0.213. The van der Waals surface area contributed by atoms with Crippen molar-refractivity contribution in [3.05, 3.63) is 201 Å². The van der Waals surface area contributed by atoms with Crippen molar-refractivity contribution in [3.8, 4) is 85.7 Å². The number of hydrazone groups is 2. The number of halogens is 7. The third kappa shape index (κ3) is 23.8. The number of hydrogen-bond donors (Lipinski definition) is 4. The summed E-state index contributed by atoms with van der Waals surface area (Å²) < 4.78 is 104. The van der Waals surface area contributed by atoms with Crippen molar-refractivity contribution in [3.63, 3.8) is 0 Å². The monoisotopic (exact) mass is 1580 g/mol. The molecule has 4 amide bonds. The summed E-state index contributed by atoms with van der Waals surface area (Å²) in [6, 6.07) is 17.6. The van der Waals surface area contributed by atoms with E-state index in [1.165, 1.54) is 120 Å². The van der Waals surface area contributed by atoms with Gasteiger partial charge in [0.2, 0.25) is 33.9 Å². The highest BCUT2D eigenvalue weighted by Crippen LogP contribution is 2.36. The van der Waals surface area contributed by atoms with Crippen LogP contribution in [0.5, 0.6) is 10.1 Å². The summed E-state index contributed by atoms with van der Waals surface area (Å²) in [5.41, 5.74) is 10.1. The number of carbonyl (C=O) groups is 2. The van der Waals surface area contributed by atoms with E-state index in [-0.39, 0.29) is 31.0 Å². The second-order valence-corrected chi connectivity index (χ2v) is 25.8. The molecule has 0 saturated heterocycles. The number of oxime groups is 2. The first-order valence-corrected chi connectivity index (χ1v) is 34.8. The second kappa shape index (κ2) is 41.2. The zero-order valence-electron chi connectivity index (χ0n) is 57.2. The molecule has 41 heteroatoms. The number of nitrogens with zero attached hydrogens (tertiary/aromatic N) is 18. The Kier molecular flexibility index (Phi) is 31.5. The largest absolute Gasteiger partial charge is 0.485 e. The number of methoxy groups -OCH3 is 2. The van der Waals surface area contributed by atoms with E-state index in [0.717, 1.165) is 74.3 Å². The number of rotatable bonds is 16. The molecule has 0 saturated carbocycles. The Hall–Kier alpha value is -12.4. The molecule has 107 heavy (non-hydrogen) atoms. The Bertz CT molecular complexity index is 5190. The van der Waals surface area contributed by atoms with Crippen LogP contribution in [-0.2, 0) is 9.68 Å².